The topological polar surface area (TPSA) is 66.5 Å². The van der Waals surface area contributed by atoms with Crippen molar-refractivity contribution >= 4 is 15.9 Å². The van der Waals surface area contributed by atoms with Gasteiger partial charge in [0.2, 0.25) is 15.9 Å². The quantitative estimate of drug-likeness (QED) is 0.803. The van der Waals surface area contributed by atoms with Gasteiger partial charge in [0, 0.05) is 24.9 Å². The van der Waals surface area contributed by atoms with Crippen molar-refractivity contribution in [3.05, 3.63) is 35.9 Å². The molecule has 1 aliphatic heterocycles. The fourth-order valence-corrected chi connectivity index (χ4v) is 8.05. The van der Waals surface area contributed by atoms with Gasteiger partial charge in [-0.3, -0.25) is 4.79 Å². The van der Waals surface area contributed by atoms with Crippen molar-refractivity contribution in [2.24, 2.45) is 29.6 Å². The number of rotatable bonds is 5. The van der Waals surface area contributed by atoms with Gasteiger partial charge >= 0.3 is 0 Å². The fourth-order valence-electron chi connectivity index (χ4n) is 7.30. The number of carbonyl (C=O) groups excluding carboxylic acids is 1. The summed E-state index contributed by atoms with van der Waals surface area (Å²) in [4.78, 5) is 15.2. The zero-order valence-corrected chi connectivity index (χ0v) is 18.2. The Morgan fingerprint density at radius 3 is 2.14 bits per heavy atom. The average molecular weight is 417 g/mol. The van der Waals surface area contributed by atoms with Crippen LogP contribution in [0.25, 0.3) is 0 Å². The molecule has 5 fully saturated rings. The molecule has 1 aromatic carbocycles. The van der Waals surface area contributed by atoms with E-state index in [9.17, 15) is 13.2 Å². The smallest absolute Gasteiger partial charge is 0.223 e. The number of carbonyl (C=O) groups is 1. The molecule has 4 aliphatic carbocycles. The van der Waals surface area contributed by atoms with E-state index in [2.05, 4.69) is 42.0 Å². The standard InChI is InChI=1S/C23H32N2O3S/c1-15-16-8-19-10-17(15)11-20(9-16)23(19,18-6-4-3-5-7-18)12-22(26)25-13-21(14-25)24-29(2,27)28/h3-7,15-17,19-21,24H,8-14H2,1-2H3. The number of amides is 1. The Labute approximate surface area is 174 Å². The molecule has 5 nitrogen and oxygen atoms in total. The molecule has 29 heavy (non-hydrogen) atoms. The highest BCUT2D eigenvalue weighted by Crippen LogP contribution is 2.65. The number of hydrogen-bond donors (Lipinski definition) is 1. The molecule has 1 heterocycles. The monoisotopic (exact) mass is 416 g/mol. The van der Waals surface area contributed by atoms with E-state index in [1.165, 1.54) is 37.5 Å². The molecule has 0 aromatic heterocycles. The second kappa shape index (κ2) is 6.81. The largest absolute Gasteiger partial charge is 0.339 e. The fraction of sp³-hybridized carbons (Fsp3) is 0.696. The second-order valence-electron chi connectivity index (χ2n) is 10.2. The Balaban J connectivity index is 1.39. The maximum absolute atomic E-state index is 13.3. The summed E-state index contributed by atoms with van der Waals surface area (Å²) < 4.78 is 25.5. The molecule has 0 unspecified atom stereocenters. The van der Waals surface area contributed by atoms with Gasteiger partial charge in [-0.25, -0.2) is 13.1 Å². The van der Waals surface area contributed by atoms with Crippen LogP contribution in [0.5, 0.6) is 0 Å². The van der Waals surface area contributed by atoms with Crippen LogP contribution in [0.4, 0.5) is 0 Å². The third kappa shape index (κ3) is 3.23. The van der Waals surface area contributed by atoms with Gasteiger partial charge in [-0.2, -0.15) is 0 Å². The summed E-state index contributed by atoms with van der Waals surface area (Å²) in [6.07, 6.45) is 6.79. The predicted molar refractivity (Wildman–Crippen MR) is 113 cm³/mol. The van der Waals surface area contributed by atoms with E-state index < -0.39 is 10.0 Å². The van der Waals surface area contributed by atoms with Crippen molar-refractivity contribution in [3.63, 3.8) is 0 Å². The van der Waals surface area contributed by atoms with Gasteiger partial charge in [0.25, 0.3) is 0 Å². The summed E-state index contributed by atoms with van der Waals surface area (Å²) in [6, 6.07) is 10.6. The van der Waals surface area contributed by atoms with Gasteiger partial charge in [0.15, 0.2) is 0 Å². The third-order valence-electron chi connectivity index (χ3n) is 8.66. The Morgan fingerprint density at radius 2 is 1.62 bits per heavy atom. The molecule has 158 valence electrons. The molecular weight excluding hydrogens is 384 g/mol. The molecule has 6 rings (SSSR count). The van der Waals surface area contributed by atoms with Crippen LogP contribution < -0.4 is 4.72 Å². The van der Waals surface area contributed by atoms with Gasteiger partial charge < -0.3 is 4.90 Å². The zero-order chi connectivity index (χ0) is 20.4. The summed E-state index contributed by atoms with van der Waals surface area (Å²) in [7, 11) is -3.22. The van der Waals surface area contributed by atoms with Crippen molar-refractivity contribution in [2.45, 2.75) is 50.5 Å². The van der Waals surface area contributed by atoms with Crippen LogP contribution in [0.15, 0.2) is 30.3 Å². The van der Waals surface area contributed by atoms with E-state index in [4.69, 9.17) is 0 Å². The molecule has 4 saturated carbocycles. The van der Waals surface area contributed by atoms with Crippen molar-refractivity contribution in [2.75, 3.05) is 19.3 Å². The number of nitrogens with one attached hydrogen (secondary N) is 1. The molecule has 1 aromatic rings. The molecule has 4 bridgehead atoms. The van der Waals surface area contributed by atoms with Gasteiger partial charge in [0.1, 0.15) is 0 Å². The number of benzene rings is 1. The SMILES string of the molecule is CC1C2CC3CC1CC(C2)C3(CC(=O)N1CC(NS(C)(=O)=O)C1)c1ccccc1. The molecule has 0 radical (unpaired) electrons. The maximum atomic E-state index is 13.3. The molecular formula is C23H32N2O3S. The molecule has 1 N–H and O–H groups in total. The van der Waals surface area contributed by atoms with E-state index in [-0.39, 0.29) is 17.4 Å². The lowest BCUT2D eigenvalue weighted by atomic mass is 9.41. The Bertz CT molecular complexity index is 862. The summed E-state index contributed by atoms with van der Waals surface area (Å²) in [5.74, 6) is 3.89. The minimum Gasteiger partial charge on any atom is -0.339 e. The summed E-state index contributed by atoms with van der Waals surface area (Å²) in [5, 5.41) is 0. The lowest BCUT2D eigenvalue weighted by Crippen LogP contribution is -2.63. The first-order chi connectivity index (χ1) is 13.8. The normalized spacial score (nSPS) is 38.8. The zero-order valence-electron chi connectivity index (χ0n) is 17.4. The Morgan fingerprint density at radius 1 is 1.07 bits per heavy atom. The van der Waals surface area contributed by atoms with Gasteiger partial charge in [-0.1, -0.05) is 37.3 Å². The van der Waals surface area contributed by atoms with Gasteiger partial charge in [-0.15, -0.1) is 0 Å². The Hall–Kier alpha value is -1.40. The third-order valence-corrected chi connectivity index (χ3v) is 9.42. The number of likely N-dealkylation sites (tertiary alicyclic amines) is 1. The van der Waals surface area contributed by atoms with Crippen LogP contribution in [0, 0.1) is 29.6 Å². The predicted octanol–water partition coefficient (Wildman–Crippen LogP) is 2.78. The van der Waals surface area contributed by atoms with E-state index in [0.717, 1.165) is 17.8 Å². The van der Waals surface area contributed by atoms with Crippen LogP contribution >= 0.6 is 0 Å². The highest BCUT2D eigenvalue weighted by atomic mass is 32.2. The molecule has 0 atom stereocenters. The average Bonchev–Trinajstić information content (AvgIpc) is 2.62. The van der Waals surface area contributed by atoms with Crippen LogP contribution in [0.2, 0.25) is 0 Å². The molecule has 6 heteroatoms. The molecule has 1 amide bonds. The van der Waals surface area contributed by atoms with E-state index in [0.29, 0.717) is 31.3 Å². The molecule has 5 aliphatic rings. The number of sulfonamides is 1. The first-order valence-electron chi connectivity index (χ1n) is 11.1. The minimum atomic E-state index is -3.22. The number of hydrogen-bond acceptors (Lipinski definition) is 3. The molecule has 1 saturated heterocycles. The van der Waals surface area contributed by atoms with Crippen LogP contribution in [0.3, 0.4) is 0 Å². The van der Waals surface area contributed by atoms with Crippen LogP contribution in [0.1, 0.15) is 44.6 Å². The van der Waals surface area contributed by atoms with E-state index in [1.807, 2.05) is 4.90 Å². The van der Waals surface area contributed by atoms with Gasteiger partial charge in [0.05, 0.1) is 12.3 Å². The summed E-state index contributed by atoms with van der Waals surface area (Å²) in [5.41, 5.74) is 1.31. The minimum absolute atomic E-state index is 0.0408. The van der Waals surface area contributed by atoms with Gasteiger partial charge in [-0.05, 0) is 60.8 Å². The first kappa shape index (κ1) is 19.6. The van der Waals surface area contributed by atoms with Crippen molar-refractivity contribution < 1.29 is 13.2 Å². The second-order valence-corrected chi connectivity index (χ2v) is 12.0. The van der Waals surface area contributed by atoms with Crippen molar-refractivity contribution in [1.29, 1.82) is 0 Å². The number of nitrogens with zero attached hydrogens (tertiary/aromatic N) is 1. The Kier molecular flexibility index (Phi) is 4.59. The lowest BCUT2D eigenvalue weighted by molar-refractivity contribution is -0.146. The van der Waals surface area contributed by atoms with Crippen molar-refractivity contribution in [1.82, 2.24) is 9.62 Å². The van der Waals surface area contributed by atoms with Crippen LogP contribution in [-0.2, 0) is 20.2 Å². The summed E-state index contributed by atoms with van der Waals surface area (Å²) >= 11 is 0. The van der Waals surface area contributed by atoms with E-state index >= 15 is 0 Å². The highest BCUT2D eigenvalue weighted by Gasteiger charge is 2.60. The lowest BCUT2D eigenvalue weighted by Gasteiger charge is -2.64. The summed E-state index contributed by atoms with van der Waals surface area (Å²) in [6.45, 7) is 3.43. The van der Waals surface area contributed by atoms with Crippen molar-refractivity contribution in [3.8, 4) is 0 Å². The maximum Gasteiger partial charge on any atom is 0.223 e. The van der Waals surface area contributed by atoms with Crippen LogP contribution in [-0.4, -0.2) is 44.6 Å². The highest BCUT2D eigenvalue weighted by molar-refractivity contribution is 7.88. The molecule has 0 spiro atoms. The first-order valence-corrected chi connectivity index (χ1v) is 13.0. The van der Waals surface area contributed by atoms with E-state index in [1.54, 1.807) is 0 Å².